The van der Waals surface area contributed by atoms with Gasteiger partial charge in [-0.1, -0.05) is 60.2 Å². The third-order valence-corrected chi connectivity index (χ3v) is 4.19. The van der Waals surface area contributed by atoms with Crippen LogP contribution in [0.2, 0.25) is 0 Å². The summed E-state index contributed by atoms with van der Waals surface area (Å²) in [5.41, 5.74) is 7.36. The Kier molecular flexibility index (Phi) is 5.82. The van der Waals surface area contributed by atoms with Gasteiger partial charge in [-0.15, -0.1) is 12.4 Å². The van der Waals surface area contributed by atoms with Crippen molar-refractivity contribution in [1.29, 1.82) is 0 Å². The molecule has 1 aliphatic carbocycles. The lowest BCUT2D eigenvalue weighted by Crippen LogP contribution is -2.13. The van der Waals surface area contributed by atoms with Gasteiger partial charge in [-0.25, -0.2) is 0 Å². The number of benzene rings is 2. The van der Waals surface area contributed by atoms with E-state index in [9.17, 15) is 0 Å². The molecule has 0 aliphatic heterocycles. The van der Waals surface area contributed by atoms with Crippen LogP contribution in [-0.4, -0.2) is 25.5 Å². The minimum Gasteiger partial charge on any atom is -0.309 e. The van der Waals surface area contributed by atoms with Crippen LogP contribution in [0.3, 0.4) is 0 Å². The second-order valence-electron chi connectivity index (χ2n) is 6.09. The molecule has 0 saturated heterocycles. The van der Waals surface area contributed by atoms with Crippen LogP contribution in [0.1, 0.15) is 29.5 Å². The van der Waals surface area contributed by atoms with Crippen LogP contribution in [0.15, 0.2) is 60.2 Å². The van der Waals surface area contributed by atoms with Crippen molar-refractivity contribution < 1.29 is 0 Å². The molecule has 0 fully saturated rings. The van der Waals surface area contributed by atoms with Gasteiger partial charge in [0.15, 0.2) is 0 Å². The summed E-state index contributed by atoms with van der Waals surface area (Å²) in [6.45, 7) is 1.15. The standard InChI is InChI=1S/C20H23N.ClH/c1-21(2)14-8-12-18-15-17-11-6-7-13-19(17)20(18)16-9-4-3-5-10-16;/h3-7,9-11,13H,8,12,14-15H2,1-2H3;1H. The van der Waals surface area contributed by atoms with Gasteiger partial charge >= 0.3 is 0 Å². The highest BCUT2D eigenvalue weighted by Gasteiger charge is 2.21. The van der Waals surface area contributed by atoms with Crippen molar-refractivity contribution >= 4 is 18.0 Å². The molecule has 0 bridgehead atoms. The lowest BCUT2D eigenvalue weighted by atomic mass is 9.96. The Balaban J connectivity index is 0.00000176. The number of fused-ring (bicyclic) bond motifs is 1. The summed E-state index contributed by atoms with van der Waals surface area (Å²) in [4.78, 5) is 2.27. The van der Waals surface area contributed by atoms with Crippen molar-refractivity contribution in [3.63, 3.8) is 0 Å². The first-order valence-corrected chi connectivity index (χ1v) is 7.76. The number of hydrogen-bond acceptors (Lipinski definition) is 1. The maximum Gasteiger partial charge on any atom is -0.00218 e. The Bertz CT molecular complexity index is 644. The Labute approximate surface area is 140 Å². The predicted octanol–water partition coefficient (Wildman–Crippen LogP) is 4.81. The number of allylic oxidation sites excluding steroid dienone is 1. The minimum atomic E-state index is 0. The van der Waals surface area contributed by atoms with Gasteiger partial charge in [0.1, 0.15) is 0 Å². The summed E-state index contributed by atoms with van der Waals surface area (Å²) in [7, 11) is 4.30. The molecule has 0 atom stereocenters. The molecule has 2 aromatic rings. The Hall–Kier alpha value is -1.57. The Morgan fingerprint density at radius 3 is 2.32 bits per heavy atom. The maximum atomic E-state index is 2.28. The molecule has 3 rings (SSSR count). The van der Waals surface area contributed by atoms with Gasteiger partial charge in [0, 0.05) is 0 Å². The fourth-order valence-electron chi connectivity index (χ4n) is 3.21. The summed E-state index contributed by atoms with van der Waals surface area (Å²) in [5.74, 6) is 0. The molecule has 2 heteroatoms. The zero-order valence-electron chi connectivity index (χ0n) is 13.4. The molecule has 22 heavy (non-hydrogen) atoms. The highest BCUT2D eigenvalue weighted by atomic mass is 35.5. The van der Waals surface area contributed by atoms with E-state index in [4.69, 9.17) is 0 Å². The van der Waals surface area contributed by atoms with E-state index in [2.05, 4.69) is 73.6 Å². The van der Waals surface area contributed by atoms with Crippen LogP contribution in [-0.2, 0) is 6.42 Å². The van der Waals surface area contributed by atoms with Gasteiger partial charge in [0.2, 0.25) is 0 Å². The molecule has 0 radical (unpaired) electrons. The number of nitrogens with zero attached hydrogens (tertiary/aromatic N) is 1. The van der Waals surface area contributed by atoms with E-state index < -0.39 is 0 Å². The molecular weight excluding hydrogens is 290 g/mol. The van der Waals surface area contributed by atoms with E-state index in [1.54, 1.807) is 5.57 Å². The molecule has 0 saturated carbocycles. The fraction of sp³-hybridized carbons (Fsp3) is 0.300. The van der Waals surface area contributed by atoms with Crippen molar-refractivity contribution in [3.8, 4) is 0 Å². The number of hydrogen-bond donors (Lipinski definition) is 0. The van der Waals surface area contributed by atoms with E-state index in [0.717, 1.165) is 13.0 Å². The molecule has 2 aromatic carbocycles. The van der Waals surface area contributed by atoms with Gasteiger partial charge < -0.3 is 4.90 Å². The highest BCUT2D eigenvalue weighted by Crippen LogP contribution is 2.39. The summed E-state index contributed by atoms with van der Waals surface area (Å²) in [6.07, 6.45) is 3.54. The lowest BCUT2D eigenvalue weighted by molar-refractivity contribution is 0.400. The molecule has 1 nitrogen and oxygen atoms in total. The SMILES string of the molecule is CN(C)CCCC1=C(c2ccccc2)c2ccccc2C1.Cl. The molecule has 0 amide bonds. The summed E-state index contributed by atoms with van der Waals surface area (Å²) < 4.78 is 0. The van der Waals surface area contributed by atoms with E-state index in [1.807, 2.05) is 0 Å². The monoisotopic (exact) mass is 313 g/mol. The molecule has 0 N–H and O–H groups in total. The first-order chi connectivity index (χ1) is 10.3. The molecule has 0 heterocycles. The Morgan fingerprint density at radius 2 is 1.59 bits per heavy atom. The van der Waals surface area contributed by atoms with Crippen LogP contribution in [0.25, 0.3) is 5.57 Å². The van der Waals surface area contributed by atoms with Crippen molar-refractivity contribution in [2.45, 2.75) is 19.3 Å². The van der Waals surface area contributed by atoms with Gasteiger partial charge in [-0.05, 0) is 62.2 Å². The van der Waals surface area contributed by atoms with E-state index >= 15 is 0 Å². The lowest BCUT2D eigenvalue weighted by Gasteiger charge is -2.12. The number of rotatable bonds is 5. The summed E-state index contributed by atoms with van der Waals surface area (Å²) in [6, 6.07) is 19.7. The van der Waals surface area contributed by atoms with Crippen molar-refractivity contribution in [2.24, 2.45) is 0 Å². The first kappa shape index (κ1) is 16.8. The van der Waals surface area contributed by atoms with Crippen LogP contribution in [0, 0.1) is 0 Å². The molecular formula is C20H24ClN. The third-order valence-electron chi connectivity index (χ3n) is 4.19. The van der Waals surface area contributed by atoms with Crippen LogP contribution in [0.4, 0.5) is 0 Å². The second kappa shape index (κ2) is 7.62. The molecule has 0 unspecified atom stereocenters. The van der Waals surface area contributed by atoms with Gasteiger partial charge in [0.05, 0.1) is 0 Å². The van der Waals surface area contributed by atoms with E-state index in [-0.39, 0.29) is 12.4 Å². The minimum absolute atomic E-state index is 0. The van der Waals surface area contributed by atoms with Crippen molar-refractivity contribution in [3.05, 3.63) is 76.9 Å². The van der Waals surface area contributed by atoms with Gasteiger partial charge in [-0.2, -0.15) is 0 Å². The van der Waals surface area contributed by atoms with Gasteiger partial charge in [-0.3, -0.25) is 0 Å². The average molecular weight is 314 g/mol. The normalized spacial score (nSPS) is 13.2. The Morgan fingerprint density at radius 1 is 0.909 bits per heavy atom. The number of halogens is 1. The predicted molar refractivity (Wildman–Crippen MR) is 97.6 cm³/mol. The zero-order chi connectivity index (χ0) is 14.7. The second-order valence-corrected chi connectivity index (χ2v) is 6.09. The average Bonchev–Trinajstić information content (AvgIpc) is 2.86. The zero-order valence-corrected chi connectivity index (χ0v) is 14.2. The van der Waals surface area contributed by atoms with Crippen LogP contribution in [0.5, 0.6) is 0 Å². The molecule has 116 valence electrons. The third kappa shape index (κ3) is 3.60. The van der Waals surface area contributed by atoms with Crippen LogP contribution >= 0.6 is 12.4 Å². The maximum absolute atomic E-state index is 2.28. The molecule has 0 aromatic heterocycles. The topological polar surface area (TPSA) is 3.24 Å². The quantitative estimate of drug-likeness (QED) is 0.766. The molecule has 1 aliphatic rings. The van der Waals surface area contributed by atoms with Crippen LogP contribution < -0.4 is 0 Å². The molecule has 0 spiro atoms. The van der Waals surface area contributed by atoms with E-state index in [0.29, 0.717) is 0 Å². The van der Waals surface area contributed by atoms with Crippen molar-refractivity contribution in [2.75, 3.05) is 20.6 Å². The summed E-state index contributed by atoms with van der Waals surface area (Å²) >= 11 is 0. The summed E-state index contributed by atoms with van der Waals surface area (Å²) in [5, 5.41) is 0. The fourth-order valence-corrected chi connectivity index (χ4v) is 3.21. The van der Waals surface area contributed by atoms with Gasteiger partial charge in [0.25, 0.3) is 0 Å². The highest BCUT2D eigenvalue weighted by molar-refractivity contribution is 5.87. The first-order valence-electron chi connectivity index (χ1n) is 7.76. The smallest absolute Gasteiger partial charge is 0.00218 e. The van der Waals surface area contributed by atoms with Crippen molar-refractivity contribution in [1.82, 2.24) is 4.90 Å². The largest absolute Gasteiger partial charge is 0.309 e. The van der Waals surface area contributed by atoms with E-state index in [1.165, 1.54) is 35.1 Å².